The molecular formula is C25H26N2O3. The molecule has 0 spiro atoms. The molecule has 1 saturated heterocycles. The van der Waals surface area contributed by atoms with Gasteiger partial charge in [0, 0.05) is 30.5 Å². The highest BCUT2D eigenvalue weighted by Crippen LogP contribution is 2.58. The van der Waals surface area contributed by atoms with Crippen LogP contribution in [-0.2, 0) is 9.59 Å². The van der Waals surface area contributed by atoms with E-state index in [0.29, 0.717) is 12.2 Å². The highest BCUT2D eigenvalue weighted by atomic mass is 16.5. The molecule has 4 atom stereocenters. The zero-order valence-corrected chi connectivity index (χ0v) is 16.9. The summed E-state index contributed by atoms with van der Waals surface area (Å²) in [5.41, 5.74) is 0.984. The van der Waals surface area contributed by atoms with Crippen LogP contribution in [0.3, 0.4) is 0 Å². The zero-order chi connectivity index (χ0) is 20.7. The van der Waals surface area contributed by atoms with Gasteiger partial charge in [-0.1, -0.05) is 48.9 Å². The van der Waals surface area contributed by atoms with Crippen molar-refractivity contribution in [3.8, 4) is 5.75 Å². The van der Waals surface area contributed by atoms with Crippen molar-refractivity contribution in [3.63, 3.8) is 0 Å². The van der Waals surface area contributed by atoms with Crippen LogP contribution in [0.25, 0.3) is 0 Å². The number of rotatable bonds is 4. The van der Waals surface area contributed by atoms with Gasteiger partial charge >= 0.3 is 0 Å². The fraction of sp³-hybridized carbons (Fsp3) is 0.360. The van der Waals surface area contributed by atoms with Crippen molar-refractivity contribution in [1.29, 1.82) is 0 Å². The van der Waals surface area contributed by atoms with Crippen LogP contribution < -0.4 is 10.1 Å². The van der Waals surface area contributed by atoms with Gasteiger partial charge in [0.2, 0.25) is 11.8 Å². The molecule has 1 saturated carbocycles. The van der Waals surface area contributed by atoms with Crippen LogP contribution >= 0.6 is 0 Å². The van der Waals surface area contributed by atoms with Crippen LogP contribution in [0.5, 0.6) is 5.75 Å². The Kier molecular flexibility index (Phi) is 4.61. The number of hydrogen-bond acceptors (Lipinski definition) is 3. The second-order valence-electron chi connectivity index (χ2n) is 8.43. The Morgan fingerprint density at radius 2 is 1.93 bits per heavy atom. The maximum atomic E-state index is 13.8. The minimum atomic E-state index is -0.786. The van der Waals surface area contributed by atoms with Gasteiger partial charge < -0.3 is 10.1 Å². The molecule has 0 radical (unpaired) electrons. The van der Waals surface area contributed by atoms with E-state index in [1.165, 1.54) is 0 Å². The third kappa shape index (κ3) is 2.76. The summed E-state index contributed by atoms with van der Waals surface area (Å²) >= 11 is 0. The van der Waals surface area contributed by atoms with Crippen molar-refractivity contribution in [2.24, 2.45) is 11.8 Å². The lowest BCUT2D eigenvalue weighted by Gasteiger charge is -2.60. The first-order valence-corrected chi connectivity index (χ1v) is 10.7. The van der Waals surface area contributed by atoms with Crippen molar-refractivity contribution in [2.75, 3.05) is 11.9 Å². The molecule has 1 aliphatic carbocycles. The van der Waals surface area contributed by atoms with Crippen LogP contribution in [0.15, 0.2) is 67.3 Å². The van der Waals surface area contributed by atoms with Gasteiger partial charge in [0.05, 0.1) is 0 Å². The second-order valence-corrected chi connectivity index (χ2v) is 8.43. The Balaban J connectivity index is 1.63. The molecule has 30 heavy (non-hydrogen) atoms. The van der Waals surface area contributed by atoms with E-state index in [9.17, 15) is 9.59 Å². The number of hydrogen-bond donors (Lipinski definition) is 1. The van der Waals surface area contributed by atoms with Gasteiger partial charge in [0.15, 0.2) is 5.72 Å². The number of anilines is 1. The molecule has 5 heteroatoms. The molecule has 0 aromatic heterocycles. The van der Waals surface area contributed by atoms with Crippen molar-refractivity contribution < 1.29 is 14.3 Å². The molecule has 2 fully saturated rings. The van der Waals surface area contributed by atoms with Gasteiger partial charge in [-0.2, -0.15) is 0 Å². The number of para-hydroxylation sites is 2. The van der Waals surface area contributed by atoms with Gasteiger partial charge in [0.25, 0.3) is 0 Å². The molecule has 2 bridgehead atoms. The van der Waals surface area contributed by atoms with Crippen LogP contribution in [0.2, 0.25) is 0 Å². The summed E-state index contributed by atoms with van der Waals surface area (Å²) in [4.78, 5) is 29.0. The van der Waals surface area contributed by atoms with Gasteiger partial charge in [-0.3, -0.25) is 14.5 Å². The summed E-state index contributed by atoms with van der Waals surface area (Å²) < 4.78 is 6.60. The topological polar surface area (TPSA) is 58.6 Å². The number of amides is 2. The van der Waals surface area contributed by atoms with Crippen molar-refractivity contribution in [2.45, 2.75) is 37.3 Å². The number of benzene rings is 2. The molecule has 3 aliphatic rings. The number of likely N-dealkylation sites (tertiary alicyclic amines) is 1. The summed E-state index contributed by atoms with van der Waals surface area (Å²) in [6.07, 6.45) is 5.55. The standard InChI is InChI=1S/C25H26N2O3/c1-2-16-27-24(29)22(23(28)26-17-10-4-3-5-11-17)21-18-12-6-7-14-20(18)30-25(27)15-9-8-13-19(21)25/h2-7,10-12,14,19,21-22H,1,8-9,13,15-16H2,(H,26,28)/t19?,21?,22?,25-/m0/s1. The number of carbonyl (C=O) groups excluding carboxylic acids is 2. The summed E-state index contributed by atoms with van der Waals surface area (Å²) in [7, 11) is 0. The Hall–Kier alpha value is -3.08. The minimum absolute atomic E-state index is 0.0883. The largest absolute Gasteiger partial charge is 0.467 e. The highest BCUT2D eigenvalue weighted by Gasteiger charge is 2.64. The second kappa shape index (κ2) is 7.31. The zero-order valence-electron chi connectivity index (χ0n) is 16.9. The van der Waals surface area contributed by atoms with E-state index >= 15 is 0 Å². The summed E-state index contributed by atoms with van der Waals surface area (Å²) in [6, 6.07) is 17.2. The SMILES string of the molecule is C=CCN1C(=O)C(C(=O)Nc2ccccc2)C2c3ccccc3O[C@]13CCCCC23. The number of piperidine rings is 1. The Labute approximate surface area is 176 Å². The molecule has 5 rings (SSSR count). The monoisotopic (exact) mass is 402 g/mol. The number of fused-ring (bicyclic) bond motifs is 2. The molecule has 3 unspecified atom stereocenters. The highest BCUT2D eigenvalue weighted by molar-refractivity contribution is 6.08. The Bertz CT molecular complexity index is 989. The predicted molar refractivity (Wildman–Crippen MR) is 115 cm³/mol. The molecule has 2 amide bonds. The average Bonchev–Trinajstić information content (AvgIpc) is 2.77. The molecule has 5 nitrogen and oxygen atoms in total. The third-order valence-corrected chi connectivity index (χ3v) is 6.86. The predicted octanol–water partition coefficient (Wildman–Crippen LogP) is 4.33. The van der Waals surface area contributed by atoms with Gasteiger partial charge in [-0.15, -0.1) is 6.58 Å². The fourth-order valence-electron chi connectivity index (χ4n) is 5.70. The maximum Gasteiger partial charge on any atom is 0.239 e. The van der Waals surface area contributed by atoms with Gasteiger partial charge in [-0.05, 0) is 36.6 Å². The fourth-order valence-corrected chi connectivity index (χ4v) is 5.70. The van der Waals surface area contributed by atoms with Crippen LogP contribution in [0.1, 0.15) is 37.2 Å². The number of ether oxygens (including phenoxy) is 1. The normalized spacial score (nSPS) is 29.3. The first-order chi connectivity index (χ1) is 14.7. The first kappa shape index (κ1) is 18.9. The average molecular weight is 402 g/mol. The smallest absolute Gasteiger partial charge is 0.239 e. The Morgan fingerprint density at radius 1 is 1.17 bits per heavy atom. The molecule has 2 aliphatic heterocycles. The number of carbonyl (C=O) groups is 2. The summed E-state index contributed by atoms with van der Waals surface area (Å²) in [6.45, 7) is 4.24. The number of nitrogens with one attached hydrogen (secondary N) is 1. The van der Waals surface area contributed by atoms with Crippen LogP contribution in [-0.4, -0.2) is 29.0 Å². The van der Waals surface area contributed by atoms with E-state index in [0.717, 1.165) is 37.0 Å². The van der Waals surface area contributed by atoms with Crippen molar-refractivity contribution in [1.82, 2.24) is 4.90 Å². The lowest BCUT2D eigenvalue weighted by molar-refractivity contribution is -0.204. The minimum Gasteiger partial charge on any atom is -0.467 e. The number of nitrogens with zero attached hydrogens (tertiary/aromatic N) is 1. The first-order valence-electron chi connectivity index (χ1n) is 10.7. The summed E-state index contributed by atoms with van der Waals surface area (Å²) in [5, 5.41) is 2.98. The quantitative estimate of drug-likeness (QED) is 0.612. The molecule has 2 aromatic carbocycles. The summed E-state index contributed by atoms with van der Waals surface area (Å²) in [5.74, 6) is -0.508. The van der Waals surface area contributed by atoms with E-state index in [-0.39, 0.29) is 23.7 Å². The van der Waals surface area contributed by atoms with Crippen LogP contribution in [0.4, 0.5) is 5.69 Å². The lowest BCUT2D eigenvalue weighted by Crippen LogP contribution is -2.71. The van der Waals surface area contributed by atoms with Gasteiger partial charge in [0.1, 0.15) is 11.7 Å². The molecule has 1 N–H and O–H groups in total. The van der Waals surface area contributed by atoms with Gasteiger partial charge in [-0.25, -0.2) is 0 Å². The van der Waals surface area contributed by atoms with Crippen molar-refractivity contribution in [3.05, 3.63) is 72.8 Å². The van der Waals surface area contributed by atoms with E-state index in [1.807, 2.05) is 54.6 Å². The lowest BCUT2D eigenvalue weighted by atomic mass is 9.61. The molecule has 2 aromatic rings. The Morgan fingerprint density at radius 3 is 2.73 bits per heavy atom. The van der Waals surface area contributed by atoms with E-state index < -0.39 is 11.6 Å². The van der Waals surface area contributed by atoms with E-state index in [1.54, 1.807) is 11.0 Å². The maximum absolute atomic E-state index is 13.8. The molecular weight excluding hydrogens is 376 g/mol. The molecule has 154 valence electrons. The van der Waals surface area contributed by atoms with E-state index in [2.05, 4.69) is 11.9 Å². The van der Waals surface area contributed by atoms with Crippen LogP contribution in [0, 0.1) is 11.8 Å². The van der Waals surface area contributed by atoms with Crippen molar-refractivity contribution >= 4 is 17.5 Å². The third-order valence-electron chi connectivity index (χ3n) is 6.86. The molecule has 2 heterocycles. The van der Waals surface area contributed by atoms with E-state index in [4.69, 9.17) is 4.74 Å².